The Morgan fingerprint density at radius 3 is 2.64 bits per heavy atom. The SMILES string of the molecule is C=C1Nc2ccc(NC(=O)Nc3ccc(OC)cc3[N+](=O)[O-])cc2N1. The fourth-order valence-electron chi connectivity index (χ4n) is 2.37. The summed E-state index contributed by atoms with van der Waals surface area (Å²) < 4.78 is 4.96. The van der Waals surface area contributed by atoms with Crippen molar-refractivity contribution in [1.82, 2.24) is 0 Å². The Balaban J connectivity index is 1.74. The Labute approximate surface area is 142 Å². The van der Waals surface area contributed by atoms with Crippen LogP contribution in [0.2, 0.25) is 0 Å². The predicted molar refractivity (Wildman–Crippen MR) is 95.1 cm³/mol. The molecule has 2 amide bonds. The van der Waals surface area contributed by atoms with Gasteiger partial charge in [0.25, 0.3) is 5.69 Å². The van der Waals surface area contributed by atoms with Gasteiger partial charge in [0.1, 0.15) is 17.3 Å². The molecule has 2 aromatic rings. The van der Waals surface area contributed by atoms with E-state index in [1.54, 1.807) is 18.2 Å². The maximum Gasteiger partial charge on any atom is 0.323 e. The number of methoxy groups -OCH3 is 1. The van der Waals surface area contributed by atoms with Crippen LogP contribution < -0.4 is 26.0 Å². The van der Waals surface area contributed by atoms with Crippen molar-refractivity contribution >= 4 is 34.5 Å². The molecule has 0 unspecified atom stereocenters. The molecule has 0 aliphatic carbocycles. The van der Waals surface area contributed by atoms with E-state index in [0.29, 0.717) is 17.3 Å². The molecule has 9 nitrogen and oxygen atoms in total. The van der Waals surface area contributed by atoms with Crippen LogP contribution in [0.1, 0.15) is 0 Å². The second kappa shape index (κ2) is 6.40. The van der Waals surface area contributed by atoms with Gasteiger partial charge in [0.05, 0.1) is 29.5 Å². The van der Waals surface area contributed by atoms with Gasteiger partial charge in [-0.2, -0.15) is 0 Å². The first-order chi connectivity index (χ1) is 12.0. The highest BCUT2D eigenvalue weighted by atomic mass is 16.6. The van der Waals surface area contributed by atoms with Crippen LogP contribution in [-0.4, -0.2) is 18.1 Å². The van der Waals surface area contributed by atoms with E-state index in [1.165, 1.54) is 25.3 Å². The molecule has 1 aliphatic heterocycles. The van der Waals surface area contributed by atoms with Gasteiger partial charge in [0.2, 0.25) is 0 Å². The van der Waals surface area contributed by atoms with Crippen LogP contribution >= 0.6 is 0 Å². The quantitative estimate of drug-likeness (QED) is 0.499. The first-order valence-electron chi connectivity index (χ1n) is 7.23. The highest BCUT2D eigenvalue weighted by Crippen LogP contribution is 2.33. The first-order valence-corrected chi connectivity index (χ1v) is 7.23. The summed E-state index contributed by atoms with van der Waals surface area (Å²) in [6.45, 7) is 3.76. The topological polar surface area (TPSA) is 118 Å². The number of nitrogens with zero attached hydrogens (tertiary/aromatic N) is 1. The van der Waals surface area contributed by atoms with E-state index in [1.807, 2.05) is 0 Å². The van der Waals surface area contributed by atoms with Gasteiger partial charge in [-0.25, -0.2) is 4.79 Å². The molecule has 0 saturated heterocycles. The summed E-state index contributed by atoms with van der Waals surface area (Å²) in [5.74, 6) is 0.973. The summed E-state index contributed by atoms with van der Waals surface area (Å²) in [6, 6.07) is 8.79. The molecule has 4 N–H and O–H groups in total. The molecule has 128 valence electrons. The van der Waals surface area contributed by atoms with E-state index >= 15 is 0 Å². The highest BCUT2D eigenvalue weighted by Gasteiger charge is 2.18. The Hall–Kier alpha value is -3.75. The van der Waals surface area contributed by atoms with E-state index in [2.05, 4.69) is 27.8 Å². The number of anilines is 4. The zero-order chi connectivity index (χ0) is 18.0. The fraction of sp³-hybridized carbons (Fsp3) is 0.0625. The molecular weight excluding hydrogens is 326 g/mol. The number of nitrogens with one attached hydrogen (secondary N) is 4. The molecule has 25 heavy (non-hydrogen) atoms. The number of nitro benzene ring substituents is 1. The molecule has 0 bridgehead atoms. The Morgan fingerprint density at radius 2 is 1.92 bits per heavy atom. The second-order valence-corrected chi connectivity index (χ2v) is 5.21. The smallest absolute Gasteiger partial charge is 0.323 e. The molecule has 1 heterocycles. The number of benzene rings is 2. The molecule has 0 fully saturated rings. The van der Waals surface area contributed by atoms with Gasteiger partial charge < -0.3 is 26.0 Å². The molecule has 9 heteroatoms. The lowest BCUT2D eigenvalue weighted by Crippen LogP contribution is -2.20. The van der Waals surface area contributed by atoms with E-state index in [0.717, 1.165) is 11.4 Å². The third-order valence-electron chi connectivity index (χ3n) is 3.50. The minimum Gasteiger partial charge on any atom is -0.496 e. The van der Waals surface area contributed by atoms with Gasteiger partial charge >= 0.3 is 6.03 Å². The summed E-state index contributed by atoms with van der Waals surface area (Å²) in [4.78, 5) is 22.7. The molecule has 2 aromatic carbocycles. The lowest BCUT2D eigenvalue weighted by atomic mass is 10.2. The number of rotatable bonds is 4. The van der Waals surface area contributed by atoms with Crippen LogP contribution in [0.3, 0.4) is 0 Å². The summed E-state index contributed by atoms with van der Waals surface area (Å²) in [6.07, 6.45) is 0. The van der Waals surface area contributed by atoms with Crippen LogP contribution in [0.5, 0.6) is 5.75 Å². The van der Waals surface area contributed by atoms with Crippen molar-refractivity contribution in [3.63, 3.8) is 0 Å². The number of hydrogen-bond acceptors (Lipinski definition) is 6. The van der Waals surface area contributed by atoms with Gasteiger partial charge in [-0.05, 0) is 30.3 Å². The monoisotopic (exact) mass is 341 g/mol. The number of hydrogen-bond donors (Lipinski definition) is 4. The maximum absolute atomic E-state index is 12.1. The van der Waals surface area contributed by atoms with E-state index < -0.39 is 11.0 Å². The van der Waals surface area contributed by atoms with Gasteiger partial charge in [-0.3, -0.25) is 10.1 Å². The van der Waals surface area contributed by atoms with Crippen molar-refractivity contribution in [2.24, 2.45) is 0 Å². The van der Waals surface area contributed by atoms with Crippen molar-refractivity contribution in [1.29, 1.82) is 0 Å². The molecule has 0 saturated carbocycles. The van der Waals surface area contributed by atoms with Crippen LogP contribution in [-0.2, 0) is 0 Å². The average Bonchev–Trinajstić information content (AvgIpc) is 2.94. The summed E-state index contributed by atoms with van der Waals surface area (Å²) in [7, 11) is 1.41. The molecule has 3 rings (SSSR count). The lowest BCUT2D eigenvalue weighted by molar-refractivity contribution is -0.384. The van der Waals surface area contributed by atoms with Crippen molar-refractivity contribution < 1.29 is 14.5 Å². The van der Waals surface area contributed by atoms with Crippen LogP contribution in [0.15, 0.2) is 48.8 Å². The first kappa shape index (κ1) is 16.1. The van der Waals surface area contributed by atoms with Crippen molar-refractivity contribution in [2.75, 3.05) is 28.4 Å². The minimum atomic E-state index is -0.599. The number of fused-ring (bicyclic) bond motifs is 1. The summed E-state index contributed by atoms with van der Waals surface area (Å²) in [5.41, 5.74) is 1.96. The third kappa shape index (κ3) is 3.44. The standard InChI is InChI=1S/C16H15N5O4/c1-9-17-12-5-3-10(7-14(12)18-9)19-16(22)20-13-6-4-11(25-2)8-15(13)21(23)24/h3-8,17-18H,1H2,2H3,(H2,19,20,22). The number of nitro groups is 1. The zero-order valence-corrected chi connectivity index (χ0v) is 13.3. The highest BCUT2D eigenvalue weighted by molar-refractivity contribution is 6.02. The van der Waals surface area contributed by atoms with Crippen LogP contribution in [0.25, 0.3) is 0 Å². The lowest BCUT2D eigenvalue weighted by Gasteiger charge is -2.10. The van der Waals surface area contributed by atoms with Crippen molar-refractivity contribution in [3.8, 4) is 5.75 Å². The molecular formula is C16H15N5O4. The van der Waals surface area contributed by atoms with E-state index in [-0.39, 0.29) is 11.4 Å². The largest absolute Gasteiger partial charge is 0.496 e. The molecule has 0 radical (unpaired) electrons. The van der Waals surface area contributed by atoms with Crippen molar-refractivity contribution in [3.05, 3.63) is 58.9 Å². The number of ether oxygens (including phenoxy) is 1. The third-order valence-corrected chi connectivity index (χ3v) is 3.50. The van der Waals surface area contributed by atoms with Gasteiger partial charge in [0, 0.05) is 5.69 Å². The maximum atomic E-state index is 12.1. The Morgan fingerprint density at radius 1 is 1.16 bits per heavy atom. The second-order valence-electron chi connectivity index (χ2n) is 5.21. The summed E-state index contributed by atoms with van der Waals surface area (Å²) >= 11 is 0. The van der Waals surface area contributed by atoms with Gasteiger partial charge in [0.15, 0.2) is 0 Å². The summed E-state index contributed by atoms with van der Waals surface area (Å²) in [5, 5.41) is 22.3. The van der Waals surface area contributed by atoms with Crippen LogP contribution in [0.4, 0.5) is 33.2 Å². The molecule has 0 atom stereocenters. The van der Waals surface area contributed by atoms with E-state index in [4.69, 9.17) is 4.74 Å². The number of carbonyl (C=O) groups is 1. The predicted octanol–water partition coefficient (Wildman–Crippen LogP) is 3.56. The van der Waals surface area contributed by atoms with Gasteiger partial charge in [-0.1, -0.05) is 6.58 Å². The number of amides is 2. The zero-order valence-electron chi connectivity index (χ0n) is 13.3. The molecule has 0 aromatic heterocycles. The Bertz CT molecular complexity index is 881. The minimum absolute atomic E-state index is 0.0672. The normalized spacial score (nSPS) is 11.8. The van der Waals surface area contributed by atoms with E-state index in [9.17, 15) is 14.9 Å². The fourth-order valence-corrected chi connectivity index (χ4v) is 2.37. The van der Waals surface area contributed by atoms with Crippen molar-refractivity contribution in [2.45, 2.75) is 0 Å². The average molecular weight is 341 g/mol. The molecule has 0 spiro atoms. The Kier molecular flexibility index (Phi) is 4.12. The number of carbonyl (C=O) groups excluding carboxylic acids is 1. The van der Waals surface area contributed by atoms with Crippen LogP contribution in [0, 0.1) is 10.1 Å². The molecule has 1 aliphatic rings. The van der Waals surface area contributed by atoms with Gasteiger partial charge in [-0.15, -0.1) is 0 Å². The number of urea groups is 1.